The van der Waals surface area contributed by atoms with Crippen molar-refractivity contribution in [3.63, 3.8) is 0 Å². The largest absolute Gasteiger partial charge is 0.478 e. The number of carbonyl (C=O) groups is 2. The summed E-state index contributed by atoms with van der Waals surface area (Å²) in [6, 6.07) is 1.62. The lowest BCUT2D eigenvalue weighted by Crippen LogP contribution is -2.43. The van der Waals surface area contributed by atoms with Crippen molar-refractivity contribution in [1.82, 2.24) is 10.6 Å². The van der Waals surface area contributed by atoms with Crippen LogP contribution >= 0.6 is 11.3 Å². The molecule has 1 atom stereocenters. The molecule has 6 nitrogen and oxygen atoms in total. The molecule has 0 bridgehead atoms. The summed E-state index contributed by atoms with van der Waals surface area (Å²) in [7, 11) is 0. The van der Waals surface area contributed by atoms with Gasteiger partial charge in [0.05, 0.1) is 5.56 Å². The van der Waals surface area contributed by atoms with Gasteiger partial charge in [0.1, 0.15) is 5.60 Å². The molecule has 1 rings (SSSR count). The van der Waals surface area contributed by atoms with E-state index in [1.165, 1.54) is 11.3 Å². The lowest BCUT2D eigenvalue weighted by molar-refractivity contribution is 0.0502. The molecule has 0 aliphatic heterocycles. The van der Waals surface area contributed by atoms with Crippen LogP contribution in [0.5, 0.6) is 0 Å². The van der Waals surface area contributed by atoms with Gasteiger partial charge in [-0.15, -0.1) is 11.3 Å². The van der Waals surface area contributed by atoms with Crippen molar-refractivity contribution in [3.05, 3.63) is 21.9 Å². The minimum atomic E-state index is -0.916. The molecule has 1 amide bonds. The zero-order valence-corrected chi connectivity index (χ0v) is 14.3. The predicted molar refractivity (Wildman–Crippen MR) is 86.4 cm³/mol. The van der Waals surface area contributed by atoms with Crippen LogP contribution in [0.3, 0.4) is 0 Å². The minimum Gasteiger partial charge on any atom is -0.478 e. The maximum Gasteiger partial charge on any atom is 0.407 e. The van der Waals surface area contributed by atoms with Crippen LogP contribution in [0.25, 0.3) is 0 Å². The first-order valence-electron chi connectivity index (χ1n) is 7.22. The molecule has 1 aromatic heterocycles. The predicted octanol–water partition coefficient (Wildman–Crippen LogP) is 2.84. The van der Waals surface area contributed by atoms with Crippen molar-refractivity contribution >= 4 is 23.4 Å². The van der Waals surface area contributed by atoms with E-state index in [0.717, 1.165) is 11.3 Å². The molecule has 0 saturated heterocycles. The van der Waals surface area contributed by atoms with Gasteiger partial charge in [0.2, 0.25) is 0 Å². The van der Waals surface area contributed by atoms with Crippen molar-refractivity contribution in [2.75, 3.05) is 6.54 Å². The number of thiophene rings is 1. The first kappa shape index (κ1) is 18.4. The van der Waals surface area contributed by atoms with Crippen LogP contribution in [0.2, 0.25) is 0 Å². The fourth-order valence-electron chi connectivity index (χ4n) is 1.73. The van der Waals surface area contributed by atoms with Gasteiger partial charge in [-0.2, -0.15) is 0 Å². The first-order chi connectivity index (χ1) is 10.2. The Hall–Kier alpha value is -1.60. The molecular weight excluding hydrogens is 304 g/mol. The van der Waals surface area contributed by atoms with Gasteiger partial charge in [0.15, 0.2) is 0 Å². The molecule has 22 heavy (non-hydrogen) atoms. The van der Waals surface area contributed by atoms with Gasteiger partial charge in [0, 0.05) is 29.4 Å². The zero-order valence-electron chi connectivity index (χ0n) is 13.4. The lowest BCUT2D eigenvalue weighted by Gasteiger charge is -2.23. The number of hydrogen-bond donors (Lipinski definition) is 3. The molecule has 0 spiro atoms. The smallest absolute Gasteiger partial charge is 0.407 e. The number of nitrogens with one attached hydrogen (secondary N) is 2. The van der Waals surface area contributed by atoms with Gasteiger partial charge in [-0.05, 0) is 33.3 Å². The van der Waals surface area contributed by atoms with Crippen molar-refractivity contribution in [1.29, 1.82) is 0 Å². The highest BCUT2D eigenvalue weighted by atomic mass is 32.1. The molecule has 0 aliphatic rings. The maximum absolute atomic E-state index is 11.7. The summed E-state index contributed by atoms with van der Waals surface area (Å²) in [4.78, 5) is 23.5. The van der Waals surface area contributed by atoms with E-state index < -0.39 is 17.7 Å². The molecule has 0 aromatic carbocycles. The van der Waals surface area contributed by atoms with Crippen molar-refractivity contribution in [2.24, 2.45) is 0 Å². The Balaban J connectivity index is 2.37. The molecular formula is C15H24N2O4S. The van der Waals surface area contributed by atoms with E-state index in [2.05, 4.69) is 10.6 Å². The normalized spacial score (nSPS) is 12.7. The molecule has 1 aromatic rings. The summed E-state index contributed by atoms with van der Waals surface area (Å²) in [6.45, 7) is 8.62. The van der Waals surface area contributed by atoms with E-state index in [-0.39, 0.29) is 6.04 Å². The second-order valence-electron chi connectivity index (χ2n) is 5.99. The molecule has 7 heteroatoms. The topological polar surface area (TPSA) is 87.7 Å². The van der Waals surface area contributed by atoms with Gasteiger partial charge >= 0.3 is 12.1 Å². The molecule has 124 valence electrons. The van der Waals surface area contributed by atoms with Gasteiger partial charge in [-0.1, -0.05) is 6.92 Å². The van der Waals surface area contributed by atoms with Crippen molar-refractivity contribution in [2.45, 2.75) is 52.3 Å². The highest BCUT2D eigenvalue weighted by Crippen LogP contribution is 2.14. The van der Waals surface area contributed by atoms with Crippen molar-refractivity contribution in [3.8, 4) is 0 Å². The number of amides is 1. The van der Waals surface area contributed by atoms with E-state index >= 15 is 0 Å². The third-order valence-corrected chi connectivity index (χ3v) is 3.74. The third kappa shape index (κ3) is 6.91. The number of rotatable bonds is 7. The van der Waals surface area contributed by atoms with Crippen LogP contribution in [0.15, 0.2) is 11.4 Å². The standard InChI is InChI=1S/C15H24N2O4S/c1-5-11(17-14(20)21-15(2,3)4)7-16-8-12-6-10(9-22-12)13(18)19/h6,9,11,16H,5,7-8H2,1-4H3,(H,17,20)(H,18,19). The van der Waals surface area contributed by atoms with Crippen molar-refractivity contribution < 1.29 is 19.4 Å². The van der Waals surface area contributed by atoms with Crippen LogP contribution < -0.4 is 10.6 Å². The first-order valence-corrected chi connectivity index (χ1v) is 8.10. The molecule has 0 aliphatic carbocycles. The Morgan fingerprint density at radius 3 is 2.59 bits per heavy atom. The fourth-order valence-corrected chi connectivity index (χ4v) is 2.55. The van der Waals surface area contributed by atoms with Gasteiger partial charge in [0.25, 0.3) is 0 Å². The Kier molecular flexibility index (Phi) is 6.83. The highest BCUT2D eigenvalue weighted by Gasteiger charge is 2.18. The highest BCUT2D eigenvalue weighted by molar-refractivity contribution is 7.10. The maximum atomic E-state index is 11.7. The van der Waals surface area contributed by atoms with E-state index in [4.69, 9.17) is 9.84 Å². The summed E-state index contributed by atoms with van der Waals surface area (Å²) >= 11 is 1.40. The number of carbonyl (C=O) groups excluding carboxylic acids is 1. The monoisotopic (exact) mass is 328 g/mol. The lowest BCUT2D eigenvalue weighted by atomic mass is 10.2. The van der Waals surface area contributed by atoms with Crippen LogP contribution in [0, 0.1) is 0 Å². The van der Waals surface area contributed by atoms with E-state index in [1.54, 1.807) is 11.4 Å². The number of carboxylic acids is 1. The zero-order chi connectivity index (χ0) is 16.8. The van der Waals surface area contributed by atoms with Gasteiger partial charge in [-0.25, -0.2) is 9.59 Å². The quantitative estimate of drug-likeness (QED) is 0.716. The molecule has 1 heterocycles. The van der Waals surface area contributed by atoms with E-state index in [9.17, 15) is 9.59 Å². The Morgan fingerprint density at radius 1 is 1.41 bits per heavy atom. The fraction of sp³-hybridized carbons (Fsp3) is 0.600. The van der Waals surface area contributed by atoms with Crippen LogP contribution in [-0.2, 0) is 11.3 Å². The molecule has 0 fully saturated rings. The van der Waals surface area contributed by atoms with E-state index in [1.807, 2.05) is 27.7 Å². The summed E-state index contributed by atoms with van der Waals surface area (Å²) in [6.07, 6.45) is 0.349. The Bertz CT molecular complexity index is 508. The summed E-state index contributed by atoms with van der Waals surface area (Å²) in [5.41, 5.74) is -0.208. The average molecular weight is 328 g/mol. The molecule has 0 saturated carbocycles. The third-order valence-electron chi connectivity index (χ3n) is 2.80. The molecule has 3 N–H and O–H groups in total. The van der Waals surface area contributed by atoms with Crippen LogP contribution in [0.4, 0.5) is 4.79 Å². The number of alkyl carbamates (subject to hydrolysis) is 1. The summed E-state index contributed by atoms with van der Waals surface area (Å²) < 4.78 is 5.22. The Labute approximate surface area is 134 Å². The SMILES string of the molecule is CCC(CNCc1cc(C(=O)O)cs1)NC(=O)OC(C)(C)C. The number of aromatic carboxylic acids is 1. The van der Waals surface area contributed by atoms with Crippen LogP contribution in [0.1, 0.15) is 49.4 Å². The van der Waals surface area contributed by atoms with E-state index in [0.29, 0.717) is 18.7 Å². The Morgan fingerprint density at radius 2 is 2.09 bits per heavy atom. The molecule has 0 radical (unpaired) electrons. The van der Waals surface area contributed by atoms with Gasteiger partial charge < -0.3 is 20.5 Å². The average Bonchev–Trinajstić information content (AvgIpc) is 2.84. The number of hydrogen-bond acceptors (Lipinski definition) is 5. The second-order valence-corrected chi connectivity index (χ2v) is 6.98. The summed E-state index contributed by atoms with van der Waals surface area (Å²) in [5, 5.41) is 16.5. The number of ether oxygens (including phenoxy) is 1. The second kappa shape index (κ2) is 8.14. The summed E-state index contributed by atoms with van der Waals surface area (Å²) in [5.74, 6) is -0.916. The number of carboxylic acid groups (broad SMARTS) is 1. The minimum absolute atomic E-state index is 0.0336. The molecule has 1 unspecified atom stereocenters. The van der Waals surface area contributed by atoms with Gasteiger partial charge in [-0.3, -0.25) is 0 Å². The van der Waals surface area contributed by atoms with Crippen LogP contribution in [-0.4, -0.2) is 35.4 Å².